The van der Waals surface area contributed by atoms with Gasteiger partial charge in [0.05, 0.1) is 6.61 Å². The van der Waals surface area contributed by atoms with E-state index >= 15 is 0 Å². The van der Waals surface area contributed by atoms with E-state index in [9.17, 15) is 13.6 Å². The van der Waals surface area contributed by atoms with Crippen molar-refractivity contribution in [2.45, 2.75) is 38.8 Å². The minimum absolute atomic E-state index is 0.0288. The van der Waals surface area contributed by atoms with E-state index in [2.05, 4.69) is 10.1 Å². The van der Waals surface area contributed by atoms with E-state index < -0.39 is 6.61 Å². The van der Waals surface area contributed by atoms with E-state index in [1.54, 1.807) is 19.1 Å². The molecule has 1 aromatic rings. The van der Waals surface area contributed by atoms with E-state index in [-0.39, 0.29) is 17.7 Å². The molecule has 1 heterocycles. The number of rotatable bonds is 6. The standard InChI is InChI=1S/C14H17F2NO3/c1-2-19-12-8-9(3-5-11(12)20-14(15)16)7-10-4-6-13(18)17-10/h3,5,8,10,14H,2,4,6-7H2,1H3,(H,17,18). The maximum absolute atomic E-state index is 12.3. The van der Waals surface area contributed by atoms with Crippen molar-refractivity contribution in [1.29, 1.82) is 0 Å². The first-order chi connectivity index (χ1) is 9.58. The molecule has 1 N–H and O–H groups in total. The van der Waals surface area contributed by atoms with Gasteiger partial charge in [0.2, 0.25) is 5.91 Å². The van der Waals surface area contributed by atoms with Crippen LogP contribution in [0, 0.1) is 0 Å². The number of alkyl halides is 2. The molecule has 0 spiro atoms. The van der Waals surface area contributed by atoms with E-state index in [0.29, 0.717) is 25.2 Å². The van der Waals surface area contributed by atoms with Crippen molar-refractivity contribution in [3.8, 4) is 11.5 Å². The van der Waals surface area contributed by atoms with Crippen molar-refractivity contribution in [2.75, 3.05) is 6.61 Å². The zero-order valence-corrected chi connectivity index (χ0v) is 11.2. The SMILES string of the molecule is CCOc1cc(CC2CCC(=O)N2)ccc1OC(F)F. The molecule has 0 aromatic heterocycles. The monoisotopic (exact) mass is 285 g/mol. The summed E-state index contributed by atoms with van der Waals surface area (Å²) in [4.78, 5) is 11.1. The summed E-state index contributed by atoms with van der Waals surface area (Å²) in [6, 6.07) is 4.97. The average molecular weight is 285 g/mol. The quantitative estimate of drug-likeness (QED) is 0.873. The van der Waals surface area contributed by atoms with Gasteiger partial charge in [-0.05, 0) is 37.5 Å². The molecule has 20 heavy (non-hydrogen) atoms. The number of benzene rings is 1. The lowest BCUT2D eigenvalue weighted by Gasteiger charge is -2.14. The van der Waals surface area contributed by atoms with Gasteiger partial charge in [-0.2, -0.15) is 8.78 Å². The lowest BCUT2D eigenvalue weighted by atomic mass is 10.0. The molecule has 1 unspecified atom stereocenters. The Labute approximate surface area is 116 Å². The largest absolute Gasteiger partial charge is 0.490 e. The highest BCUT2D eigenvalue weighted by molar-refractivity contribution is 5.78. The van der Waals surface area contributed by atoms with Gasteiger partial charge in [-0.25, -0.2) is 0 Å². The fourth-order valence-electron chi connectivity index (χ4n) is 2.26. The second kappa shape index (κ2) is 6.54. The molecule has 2 rings (SSSR count). The molecule has 1 atom stereocenters. The molecule has 1 aromatic carbocycles. The Morgan fingerprint density at radius 3 is 2.80 bits per heavy atom. The maximum atomic E-state index is 12.3. The molecule has 1 aliphatic rings. The number of halogens is 2. The summed E-state index contributed by atoms with van der Waals surface area (Å²) < 4.78 is 34.3. The van der Waals surface area contributed by atoms with Crippen LogP contribution >= 0.6 is 0 Å². The molecule has 6 heteroatoms. The van der Waals surface area contributed by atoms with E-state index in [1.807, 2.05) is 0 Å². The first kappa shape index (κ1) is 14.6. The summed E-state index contributed by atoms with van der Waals surface area (Å²) in [5, 5.41) is 2.87. The Kier molecular flexibility index (Phi) is 4.76. The normalized spacial score (nSPS) is 18.2. The first-order valence-corrected chi connectivity index (χ1v) is 6.58. The van der Waals surface area contributed by atoms with Crippen LogP contribution in [-0.4, -0.2) is 25.2 Å². The smallest absolute Gasteiger partial charge is 0.387 e. The molecule has 1 fully saturated rings. The van der Waals surface area contributed by atoms with Crippen molar-refractivity contribution in [3.05, 3.63) is 23.8 Å². The number of hydrogen-bond acceptors (Lipinski definition) is 3. The molecule has 110 valence electrons. The van der Waals surface area contributed by atoms with E-state index in [0.717, 1.165) is 12.0 Å². The Bertz CT molecular complexity index is 479. The predicted octanol–water partition coefficient (Wildman–Crippen LogP) is 2.51. The summed E-state index contributed by atoms with van der Waals surface area (Å²) in [6.45, 7) is -0.742. The average Bonchev–Trinajstić information content (AvgIpc) is 2.78. The number of hydrogen-bond donors (Lipinski definition) is 1. The zero-order valence-electron chi connectivity index (χ0n) is 11.2. The first-order valence-electron chi connectivity index (χ1n) is 6.58. The third-order valence-electron chi connectivity index (χ3n) is 3.09. The van der Waals surface area contributed by atoms with Gasteiger partial charge in [0.1, 0.15) is 0 Å². The van der Waals surface area contributed by atoms with Crippen LogP contribution in [0.15, 0.2) is 18.2 Å². The molecular formula is C14H17F2NO3. The lowest BCUT2D eigenvalue weighted by Crippen LogP contribution is -2.27. The van der Waals surface area contributed by atoms with Crippen molar-refractivity contribution >= 4 is 5.91 Å². The third kappa shape index (κ3) is 3.82. The number of carbonyl (C=O) groups is 1. The third-order valence-corrected chi connectivity index (χ3v) is 3.09. The fraction of sp³-hybridized carbons (Fsp3) is 0.500. The highest BCUT2D eigenvalue weighted by Crippen LogP contribution is 2.30. The molecule has 0 aliphatic carbocycles. The van der Waals surface area contributed by atoms with Gasteiger partial charge in [0.15, 0.2) is 11.5 Å². The zero-order chi connectivity index (χ0) is 14.5. The van der Waals surface area contributed by atoms with Crippen molar-refractivity contribution < 1.29 is 23.0 Å². The number of ether oxygens (including phenoxy) is 2. The summed E-state index contributed by atoms with van der Waals surface area (Å²) in [6.07, 6.45) is 1.98. The van der Waals surface area contributed by atoms with Crippen LogP contribution in [0.3, 0.4) is 0 Å². The topological polar surface area (TPSA) is 47.6 Å². The van der Waals surface area contributed by atoms with E-state index in [4.69, 9.17) is 4.74 Å². The van der Waals surface area contributed by atoms with Gasteiger partial charge in [-0.3, -0.25) is 4.79 Å². The molecule has 1 amide bonds. The fourth-order valence-corrected chi connectivity index (χ4v) is 2.26. The maximum Gasteiger partial charge on any atom is 0.387 e. The molecule has 0 radical (unpaired) electrons. The summed E-state index contributed by atoms with van der Waals surface area (Å²) in [7, 11) is 0. The second-order valence-electron chi connectivity index (χ2n) is 4.60. The summed E-state index contributed by atoms with van der Waals surface area (Å²) >= 11 is 0. The number of amides is 1. The van der Waals surface area contributed by atoms with Crippen LogP contribution in [0.1, 0.15) is 25.3 Å². The summed E-state index contributed by atoms with van der Waals surface area (Å²) in [5.41, 5.74) is 0.919. The van der Waals surface area contributed by atoms with Gasteiger partial charge in [-0.1, -0.05) is 6.07 Å². The molecule has 0 saturated carbocycles. The Hall–Kier alpha value is -1.85. The molecule has 1 aliphatic heterocycles. The second-order valence-corrected chi connectivity index (χ2v) is 4.60. The van der Waals surface area contributed by atoms with Gasteiger partial charge in [-0.15, -0.1) is 0 Å². The highest BCUT2D eigenvalue weighted by atomic mass is 19.3. The van der Waals surface area contributed by atoms with Crippen LogP contribution in [0.5, 0.6) is 11.5 Å². The lowest BCUT2D eigenvalue weighted by molar-refractivity contribution is -0.119. The minimum Gasteiger partial charge on any atom is -0.490 e. The Balaban J connectivity index is 2.10. The van der Waals surface area contributed by atoms with Gasteiger partial charge in [0, 0.05) is 12.5 Å². The van der Waals surface area contributed by atoms with Gasteiger partial charge < -0.3 is 14.8 Å². The predicted molar refractivity (Wildman–Crippen MR) is 69.1 cm³/mol. The van der Waals surface area contributed by atoms with Crippen molar-refractivity contribution in [2.24, 2.45) is 0 Å². The minimum atomic E-state index is -2.88. The van der Waals surface area contributed by atoms with Crippen LogP contribution in [0.4, 0.5) is 8.78 Å². The molecule has 4 nitrogen and oxygen atoms in total. The van der Waals surface area contributed by atoms with E-state index in [1.165, 1.54) is 6.07 Å². The van der Waals surface area contributed by atoms with Crippen molar-refractivity contribution in [1.82, 2.24) is 5.32 Å². The van der Waals surface area contributed by atoms with Gasteiger partial charge >= 0.3 is 6.61 Å². The van der Waals surface area contributed by atoms with Crippen LogP contribution < -0.4 is 14.8 Å². The van der Waals surface area contributed by atoms with Gasteiger partial charge in [0.25, 0.3) is 0 Å². The Morgan fingerprint density at radius 1 is 1.40 bits per heavy atom. The van der Waals surface area contributed by atoms with Crippen LogP contribution in [0.2, 0.25) is 0 Å². The number of nitrogens with one attached hydrogen (secondary N) is 1. The Morgan fingerprint density at radius 2 is 2.20 bits per heavy atom. The van der Waals surface area contributed by atoms with Crippen LogP contribution in [0.25, 0.3) is 0 Å². The van der Waals surface area contributed by atoms with Crippen molar-refractivity contribution in [3.63, 3.8) is 0 Å². The van der Waals surface area contributed by atoms with Crippen LogP contribution in [-0.2, 0) is 11.2 Å². The molecular weight excluding hydrogens is 268 g/mol. The summed E-state index contributed by atoms with van der Waals surface area (Å²) in [5.74, 6) is 0.383. The number of carbonyl (C=O) groups excluding carboxylic acids is 1. The molecule has 1 saturated heterocycles. The highest BCUT2D eigenvalue weighted by Gasteiger charge is 2.21. The molecule has 0 bridgehead atoms.